The van der Waals surface area contributed by atoms with Crippen LogP contribution in [0.1, 0.15) is 31.4 Å². The molecule has 0 aliphatic rings. The molecule has 0 spiro atoms. The summed E-state index contributed by atoms with van der Waals surface area (Å²) in [5.41, 5.74) is 2.82. The Hall–Kier alpha value is -2.07. The summed E-state index contributed by atoms with van der Waals surface area (Å²) in [4.78, 5) is 6.77. The minimum Gasteiger partial charge on any atom is -0.457 e. The summed E-state index contributed by atoms with van der Waals surface area (Å²) in [6.07, 6.45) is 2.97. The van der Waals surface area contributed by atoms with Gasteiger partial charge in [-0.15, -0.1) is 0 Å². The SMILES string of the molecule is CCCN(C=Nc1cc(C)c(Oc2cc(F)cc(Cl)c2)cc1C)CC. The van der Waals surface area contributed by atoms with Gasteiger partial charge in [0.1, 0.15) is 17.3 Å². The predicted octanol–water partition coefficient (Wildman–Crippen LogP) is 6.28. The number of rotatable bonds is 7. The predicted molar refractivity (Wildman–Crippen MR) is 103 cm³/mol. The van der Waals surface area contributed by atoms with Crippen LogP contribution in [0, 0.1) is 19.7 Å². The fourth-order valence-corrected chi connectivity index (χ4v) is 2.68. The van der Waals surface area contributed by atoms with Crippen LogP contribution < -0.4 is 4.74 Å². The minimum atomic E-state index is -0.423. The first-order valence-electron chi connectivity index (χ1n) is 8.46. The van der Waals surface area contributed by atoms with E-state index < -0.39 is 5.82 Å². The molecule has 2 aromatic rings. The largest absolute Gasteiger partial charge is 0.457 e. The molecule has 0 atom stereocenters. The zero-order valence-electron chi connectivity index (χ0n) is 15.1. The van der Waals surface area contributed by atoms with Crippen LogP contribution in [0.2, 0.25) is 5.02 Å². The highest BCUT2D eigenvalue weighted by Crippen LogP contribution is 2.32. The van der Waals surface area contributed by atoms with Crippen molar-refractivity contribution in [2.24, 2.45) is 4.99 Å². The van der Waals surface area contributed by atoms with E-state index in [0.717, 1.165) is 36.3 Å². The standard InChI is InChI=1S/C20H24ClFN2O/c1-5-7-24(6-2)13-23-19-8-15(4)20(9-14(19)3)25-18-11-16(21)10-17(22)12-18/h8-13H,5-7H2,1-4H3. The summed E-state index contributed by atoms with van der Waals surface area (Å²) < 4.78 is 19.3. The van der Waals surface area contributed by atoms with Gasteiger partial charge in [-0.1, -0.05) is 18.5 Å². The molecular weight excluding hydrogens is 339 g/mol. The average Bonchev–Trinajstić information content (AvgIpc) is 2.54. The normalized spacial score (nSPS) is 11.1. The molecule has 0 radical (unpaired) electrons. The second kappa shape index (κ2) is 8.86. The molecule has 25 heavy (non-hydrogen) atoms. The fraction of sp³-hybridized carbons (Fsp3) is 0.350. The fourth-order valence-electron chi connectivity index (χ4n) is 2.47. The molecule has 134 valence electrons. The van der Waals surface area contributed by atoms with E-state index in [9.17, 15) is 4.39 Å². The van der Waals surface area contributed by atoms with Gasteiger partial charge in [0, 0.05) is 24.2 Å². The molecular formula is C20H24ClFN2O. The Morgan fingerprint density at radius 2 is 1.88 bits per heavy atom. The Morgan fingerprint density at radius 1 is 1.12 bits per heavy atom. The smallest absolute Gasteiger partial charge is 0.131 e. The van der Waals surface area contributed by atoms with Crippen molar-refractivity contribution < 1.29 is 9.13 Å². The van der Waals surface area contributed by atoms with E-state index in [1.54, 1.807) is 6.07 Å². The van der Waals surface area contributed by atoms with E-state index >= 15 is 0 Å². The van der Waals surface area contributed by atoms with Crippen LogP contribution in [0.5, 0.6) is 11.5 Å². The van der Waals surface area contributed by atoms with Crippen LogP contribution >= 0.6 is 11.6 Å². The highest BCUT2D eigenvalue weighted by atomic mass is 35.5. The van der Waals surface area contributed by atoms with E-state index in [0.29, 0.717) is 16.5 Å². The summed E-state index contributed by atoms with van der Waals surface area (Å²) in [7, 11) is 0. The molecule has 0 saturated carbocycles. The van der Waals surface area contributed by atoms with Gasteiger partial charge in [-0.05, 0) is 62.6 Å². The number of hydrogen-bond acceptors (Lipinski definition) is 2. The molecule has 0 aliphatic carbocycles. The Labute approximate surface area is 154 Å². The second-order valence-corrected chi connectivity index (χ2v) is 6.42. The lowest BCUT2D eigenvalue weighted by Gasteiger charge is -2.16. The highest BCUT2D eigenvalue weighted by Gasteiger charge is 2.08. The summed E-state index contributed by atoms with van der Waals surface area (Å²) in [5.74, 6) is 0.622. The van der Waals surface area contributed by atoms with Gasteiger partial charge in [-0.2, -0.15) is 0 Å². The van der Waals surface area contributed by atoms with E-state index in [4.69, 9.17) is 16.3 Å². The van der Waals surface area contributed by atoms with Gasteiger partial charge in [-0.25, -0.2) is 9.38 Å². The third-order valence-electron chi connectivity index (χ3n) is 3.83. The Kier molecular flexibility index (Phi) is 6.82. The van der Waals surface area contributed by atoms with E-state index in [1.807, 2.05) is 32.3 Å². The maximum Gasteiger partial charge on any atom is 0.131 e. The maximum absolute atomic E-state index is 13.5. The monoisotopic (exact) mass is 362 g/mol. The second-order valence-electron chi connectivity index (χ2n) is 5.98. The van der Waals surface area contributed by atoms with Crippen molar-refractivity contribution in [2.75, 3.05) is 13.1 Å². The number of hydrogen-bond donors (Lipinski definition) is 0. The lowest BCUT2D eigenvalue weighted by molar-refractivity contribution is 0.452. The van der Waals surface area contributed by atoms with Crippen molar-refractivity contribution in [3.05, 3.63) is 52.3 Å². The Morgan fingerprint density at radius 3 is 2.52 bits per heavy atom. The molecule has 3 nitrogen and oxygen atoms in total. The van der Waals surface area contributed by atoms with Crippen molar-refractivity contribution in [3.63, 3.8) is 0 Å². The van der Waals surface area contributed by atoms with E-state index in [2.05, 4.69) is 23.7 Å². The summed E-state index contributed by atoms with van der Waals surface area (Å²) in [6, 6.07) is 8.05. The first-order chi connectivity index (χ1) is 11.9. The number of benzene rings is 2. The van der Waals surface area contributed by atoms with Gasteiger partial charge in [0.2, 0.25) is 0 Å². The van der Waals surface area contributed by atoms with Gasteiger partial charge in [0.25, 0.3) is 0 Å². The molecule has 0 saturated heterocycles. The molecule has 0 amide bonds. The van der Waals surface area contributed by atoms with Gasteiger partial charge in [-0.3, -0.25) is 0 Å². The molecule has 5 heteroatoms. The molecule has 2 rings (SSSR count). The molecule has 0 aromatic heterocycles. The Balaban J connectivity index is 2.23. The Bertz CT molecular complexity index is 741. The molecule has 0 aliphatic heterocycles. The maximum atomic E-state index is 13.5. The number of aliphatic imine (C=N–C) groups is 1. The van der Waals surface area contributed by atoms with Crippen molar-refractivity contribution in [2.45, 2.75) is 34.1 Å². The summed E-state index contributed by atoms with van der Waals surface area (Å²) >= 11 is 5.88. The van der Waals surface area contributed by atoms with E-state index in [1.165, 1.54) is 12.1 Å². The van der Waals surface area contributed by atoms with Crippen LogP contribution in [-0.4, -0.2) is 24.3 Å². The quantitative estimate of drug-likeness (QED) is 0.427. The first-order valence-corrected chi connectivity index (χ1v) is 8.84. The average molecular weight is 363 g/mol. The van der Waals surface area contributed by atoms with E-state index in [-0.39, 0.29) is 0 Å². The first kappa shape index (κ1) is 19.3. The molecule has 0 unspecified atom stereocenters. The number of nitrogens with zero attached hydrogens (tertiary/aromatic N) is 2. The van der Waals surface area contributed by atoms with Gasteiger partial charge >= 0.3 is 0 Å². The topological polar surface area (TPSA) is 24.8 Å². The number of aryl methyl sites for hydroxylation is 2. The van der Waals surface area contributed by atoms with Gasteiger partial charge < -0.3 is 9.64 Å². The number of halogens is 2. The van der Waals surface area contributed by atoms with Crippen molar-refractivity contribution in [1.29, 1.82) is 0 Å². The zero-order chi connectivity index (χ0) is 18.4. The van der Waals surface area contributed by atoms with Gasteiger partial charge in [0.15, 0.2) is 0 Å². The van der Waals surface area contributed by atoms with Crippen molar-refractivity contribution in [1.82, 2.24) is 4.90 Å². The van der Waals surface area contributed by atoms with Crippen LogP contribution in [0.3, 0.4) is 0 Å². The highest BCUT2D eigenvalue weighted by molar-refractivity contribution is 6.30. The molecule has 0 bridgehead atoms. The molecule has 2 aromatic carbocycles. The van der Waals surface area contributed by atoms with Gasteiger partial charge in [0.05, 0.1) is 12.0 Å². The van der Waals surface area contributed by atoms with Crippen LogP contribution in [0.4, 0.5) is 10.1 Å². The third kappa shape index (κ3) is 5.46. The van der Waals surface area contributed by atoms with Crippen molar-refractivity contribution >= 4 is 23.6 Å². The minimum absolute atomic E-state index is 0.307. The third-order valence-corrected chi connectivity index (χ3v) is 4.05. The van der Waals surface area contributed by atoms with Crippen LogP contribution in [0.25, 0.3) is 0 Å². The summed E-state index contributed by atoms with van der Waals surface area (Å²) in [6.45, 7) is 10.1. The molecule has 0 N–H and O–H groups in total. The zero-order valence-corrected chi connectivity index (χ0v) is 15.9. The van der Waals surface area contributed by atoms with Crippen LogP contribution in [0.15, 0.2) is 35.3 Å². The molecule has 0 heterocycles. The lowest BCUT2D eigenvalue weighted by atomic mass is 10.1. The van der Waals surface area contributed by atoms with Crippen LogP contribution in [-0.2, 0) is 0 Å². The summed E-state index contributed by atoms with van der Waals surface area (Å²) in [5, 5.41) is 0.307. The lowest BCUT2D eigenvalue weighted by Crippen LogP contribution is -2.21. The number of ether oxygens (including phenoxy) is 1. The van der Waals surface area contributed by atoms with Crippen molar-refractivity contribution in [3.8, 4) is 11.5 Å². The molecule has 0 fully saturated rings.